The first-order valence-electron chi connectivity index (χ1n) is 12.1. The molecule has 1 aromatic heterocycles. The summed E-state index contributed by atoms with van der Waals surface area (Å²) < 4.78 is 11.7. The zero-order valence-electron chi connectivity index (χ0n) is 22.4. The van der Waals surface area contributed by atoms with Gasteiger partial charge in [0.1, 0.15) is 18.9 Å². The molecule has 0 aliphatic carbocycles. The quantitative estimate of drug-likeness (QED) is 0.361. The predicted molar refractivity (Wildman–Crippen MR) is 138 cm³/mol. The third-order valence-corrected chi connectivity index (χ3v) is 5.41. The molecule has 0 bridgehead atoms. The summed E-state index contributed by atoms with van der Waals surface area (Å²) in [6, 6.07) is 7.35. The molecule has 2 N–H and O–H groups in total. The molecular formula is C26H39N5O5. The Labute approximate surface area is 213 Å². The van der Waals surface area contributed by atoms with Gasteiger partial charge in [-0.05, 0) is 38.8 Å². The van der Waals surface area contributed by atoms with Gasteiger partial charge in [0.2, 0.25) is 5.91 Å². The van der Waals surface area contributed by atoms with Crippen molar-refractivity contribution in [1.29, 1.82) is 0 Å². The molecule has 36 heavy (non-hydrogen) atoms. The number of nitrogens with one attached hydrogen (secondary N) is 2. The van der Waals surface area contributed by atoms with Crippen molar-refractivity contribution < 1.29 is 23.9 Å². The normalized spacial score (nSPS) is 11.2. The van der Waals surface area contributed by atoms with Crippen molar-refractivity contribution in [3.8, 4) is 5.69 Å². The minimum Gasteiger partial charge on any atom is -0.465 e. The van der Waals surface area contributed by atoms with E-state index in [0.717, 1.165) is 22.5 Å². The molecule has 2 aromatic rings. The largest absolute Gasteiger partial charge is 0.465 e. The van der Waals surface area contributed by atoms with Gasteiger partial charge in [-0.3, -0.25) is 9.59 Å². The molecule has 10 nitrogen and oxygen atoms in total. The van der Waals surface area contributed by atoms with Crippen molar-refractivity contribution >= 4 is 23.7 Å². The summed E-state index contributed by atoms with van der Waals surface area (Å²) in [5.41, 5.74) is 3.60. The number of rotatable bonds is 11. The number of hydrogen-bond acceptors (Lipinski definition) is 6. The Kier molecular flexibility index (Phi) is 10.5. The summed E-state index contributed by atoms with van der Waals surface area (Å²) in [4.78, 5) is 38.8. The number of anilines is 1. The smallest absolute Gasteiger partial charge is 0.325 e. The summed E-state index contributed by atoms with van der Waals surface area (Å²) in [7, 11) is 1.57. The van der Waals surface area contributed by atoms with Gasteiger partial charge in [0.15, 0.2) is 0 Å². The molecule has 2 rings (SSSR count). The predicted octanol–water partition coefficient (Wildman–Crippen LogP) is 3.34. The third-order valence-electron chi connectivity index (χ3n) is 5.41. The Morgan fingerprint density at radius 2 is 1.86 bits per heavy atom. The lowest BCUT2D eigenvalue weighted by Crippen LogP contribution is -2.46. The number of urea groups is 1. The minimum atomic E-state index is -0.542. The summed E-state index contributed by atoms with van der Waals surface area (Å²) in [5.74, 6) is -0.412. The highest BCUT2D eigenvalue weighted by Crippen LogP contribution is 2.27. The van der Waals surface area contributed by atoms with E-state index in [4.69, 9.17) is 14.6 Å². The first-order valence-corrected chi connectivity index (χ1v) is 12.1. The lowest BCUT2D eigenvalue weighted by Gasteiger charge is -2.22. The maximum absolute atomic E-state index is 13.1. The van der Waals surface area contributed by atoms with Gasteiger partial charge in [0.25, 0.3) is 0 Å². The number of amides is 3. The fourth-order valence-corrected chi connectivity index (χ4v) is 3.54. The summed E-state index contributed by atoms with van der Waals surface area (Å²) in [6.07, 6.45) is 0.533. The van der Waals surface area contributed by atoms with Crippen molar-refractivity contribution in [2.45, 2.75) is 53.4 Å². The van der Waals surface area contributed by atoms with Crippen LogP contribution in [0.5, 0.6) is 0 Å². The third kappa shape index (κ3) is 8.37. The molecule has 3 amide bonds. The number of carbonyl (C=O) groups is 3. The number of carbonyl (C=O) groups excluding carboxylic acids is 3. The standard InChI is InChI=1S/C26H39N5O5/c1-8-36-24(33)16-27-25(34)30(12-9-13-35-7)17-23(32)28-22-15-21(26(4,5)6)29-31(22)20-11-10-18(2)14-19(20)3/h10-11,14-15H,8-9,12-13,16-17H2,1-7H3,(H,27,34)(H,28,32). The number of esters is 1. The molecule has 0 fully saturated rings. The van der Waals surface area contributed by atoms with Crippen LogP contribution in [0.4, 0.5) is 10.6 Å². The van der Waals surface area contributed by atoms with Crippen LogP contribution in [0.2, 0.25) is 0 Å². The topological polar surface area (TPSA) is 115 Å². The van der Waals surface area contributed by atoms with E-state index in [1.807, 2.05) is 32.0 Å². The molecule has 1 heterocycles. The molecular weight excluding hydrogens is 462 g/mol. The van der Waals surface area contributed by atoms with Crippen LogP contribution in [-0.2, 0) is 24.5 Å². The molecule has 0 unspecified atom stereocenters. The number of hydrogen-bond donors (Lipinski definition) is 2. The Morgan fingerprint density at radius 3 is 2.47 bits per heavy atom. The van der Waals surface area contributed by atoms with Crippen LogP contribution in [0.25, 0.3) is 5.69 Å². The van der Waals surface area contributed by atoms with Crippen LogP contribution >= 0.6 is 0 Å². The van der Waals surface area contributed by atoms with E-state index < -0.39 is 12.0 Å². The van der Waals surface area contributed by atoms with E-state index in [0.29, 0.717) is 18.8 Å². The number of nitrogens with zero attached hydrogens (tertiary/aromatic N) is 3. The highest BCUT2D eigenvalue weighted by Gasteiger charge is 2.24. The van der Waals surface area contributed by atoms with E-state index in [1.54, 1.807) is 18.7 Å². The molecule has 198 valence electrons. The van der Waals surface area contributed by atoms with Crippen LogP contribution in [0.15, 0.2) is 24.3 Å². The van der Waals surface area contributed by atoms with Crippen molar-refractivity contribution in [1.82, 2.24) is 20.0 Å². The van der Waals surface area contributed by atoms with Crippen LogP contribution in [0, 0.1) is 13.8 Å². The Balaban J connectivity index is 2.24. The maximum atomic E-state index is 13.1. The van der Waals surface area contributed by atoms with E-state index >= 15 is 0 Å². The van der Waals surface area contributed by atoms with Gasteiger partial charge in [-0.2, -0.15) is 5.10 Å². The van der Waals surface area contributed by atoms with Crippen LogP contribution in [0.1, 0.15) is 50.9 Å². The number of methoxy groups -OCH3 is 1. The lowest BCUT2D eigenvalue weighted by atomic mass is 9.92. The molecule has 0 radical (unpaired) electrons. The second kappa shape index (κ2) is 13.1. The van der Waals surface area contributed by atoms with Gasteiger partial charge in [-0.1, -0.05) is 38.5 Å². The monoisotopic (exact) mass is 501 g/mol. The first kappa shape index (κ1) is 28.8. The first-order chi connectivity index (χ1) is 17.0. The molecule has 1 aromatic carbocycles. The fraction of sp³-hybridized carbons (Fsp3) is 0.538. The average Bonchev–Trinajstić information content (AvgIpc) is 3.21. The highest BCUT2D eigenvalue weighted by molar-refractivity contribution is 5.94. The van der Waals surface area contributed by atoms with E-state index in [2.05, 4.69) is 37.5 Å². The molecule has 0 saturated heterocycles. The molecule has 10 heteroatoms. The van der Waals surface area contributed by atoms with Gasteiger partial charge in [-0.25, -0.2) is 9.48 Å². The van der Waals surface area contributed by atoms with Crippen molar-refractivity contribution in [3.63, 3.8) is 0 Å². The Hall–Kier alpha value is -3.40. The van der Waals surface area contributed by atoms with Crippen molar-refractivity contribution in [3.05, 3.63) is 41.1 Å². The zero-order valence-corrected chi connectivity index (χ0v) is 22.4. The molecule has 0 saturated carbocycles. The van der Waals surface area contributed by atoms with Crippen LogP contribution in [-0.4, -0.2) is 72.5 Å². The Morgan fingerprint density at radius 1 is 1.14 bits per heavy atom. The van der Waals surface area contributed by atoms with Gasteiger partial charge < -0.3 is 25.0 Å². The van der Waals surface area contributed by atoms with E-state index in [-0.39, 0.29) is 37.6 Å². The lowest BCUT2D eigenvalue weighted by molar-refractivity contribution is -0.141. The molecule has 0 spiro atoms. The fourth-order valence-electron chi connectivity index (χ4n) is 3.54. The second-order valence-corrected chi connectivity index (χ2v) is 9.65. The number of aryl methyl sites for hydroxylation is 2. The summed E-state index contributed by atoms with van der Waals surface area (Å²) in [5, 5.41) is 10.2. The number of ether oxygens (including phenoxy) is 2. The zero-order chi connectivity index (χ0) is 26.9. The summed E-state index contributed by atoms with van der Waals surface area (Å²) in [6.45, 7) is 12.3. The second-order valence-electron chi connectivity index (χ2n) is 9.65. The average molecular weight is 502 g/mol. The number of aromatic nitrogens is 2. The van der Waals surface area contributed by atoms with Gasteiger partial charge in [0.05, 0.1) is 18.0 Å². The van der Waals surface area contributed by atoms with Gasteiger partial charge in [-0.15, -0.1) is 0 Å². The maximum Gasteiger partial charge on any atom is 0.325 e. The van der Waals surface area contributed by atoms with E-state index in [9.17, 15) is 14.4 Å². The van der Waals surface area contributed by atoms with Gasteiger partial charge in [0, 0.05) is 31.7 Å². The van der Waals surface area contributed by atoms with Crippen LogP contribution in [0.3, 0.4) is 0 Å². The number of benzene rings is 1. The molecule has 0 aliphatic rings. The summed E-state index contributed by atoms with van der Waals surface area (Å²) >= 11 is 0. The Bertz CT molecular complexity index is 1060. The SMILES string of the molecule is CCOC(=O)CNC(=O)N(CCCOC)CC(=O)Nc1cc(C(C)(C)C)nn1-c1ccc(C)cc1C. The van der Waals surface area contributed by atoms with Crippen LogP contribution < -0.4 is 10.6 Å². The van der Waals surface area contributed by atoms with E-state index in [1.165, 1.54) is 4.90 Å². The minimum absolute atomic E-state index is 0.207. The highest BCUT2D eigenvalue weighted by atomic mass is 16.5. The van der Waals surface area contributed by atoms with Crippen molar-refractivity contribution in [2.75, 3.05) is 45.3 Å². The molecule has 0 atom stereocenters. The van der Waals surface area contributed by atoms with Gasteiger partial charge >= 0.3 is 12.0 Å². The van der Waals surface area contributed by atoms with Crippen molar-refractivity contribution in [2.24, 2.45) is 0 Å². The molecule has 0 aliphatic heterocycles.